The van der Waals surface area contributed by atoms with Crippen molar-refractivity contribution in [2.24, 2.45) is 0 Å². The van der Waals surface area contributed by atoms with Gasteiger partial charge in [0.1, 0.15) is 11.6 Å². The first kappa shape index (κ1) is 17.4. The highest BCUT2D eigenvalue weighted by Gasteiger charge is 2.08. The molecule has 0 fully saturated rings. The van der Waals surface area contributed by atoms with Crippen molar-refractivity contribution in [2.45, 2.75) is 32.8 Å². The minimum Gasteiger partial charge on any atom is -0.494 e. The van der Waals surface area contributed by atoms with Crippen molar-refractivity contribution in [3.8, 4) is 5.75 Å². The van der Waals surface area contributed by atoms with Crippen LogP contribution in [0.2, 0.25) is 0 Å². The fraction of sp³-hybridized carbons (Fsp3) is 0.562. The topological polar surface area (TPSA) is 38.8 Å². The van der Waals surface area contributed by atoms with Gasteiger partial charge >= 0.3 is 0 Å². The van der Waals surface area contributed by atoms with Gasteiger partial charge in [0.25, 0.3) is 0 Å². The predicted octanol–water partition coefficient (Wildman–Crippen LogP) is 2.87. The Morgan fingerprint density at radius 3 is 2.52 bits per heavy atom. The number of hydrogen-bond donors (Lipinski definition) is 0. The van der Waals surface area contributed by atoms with Crippen LogP contribution < -0.4 is 4.74 Å². The molecule has 0 saturated heterocycles. The monoisotopic (exact) mass is 297 g/mol. The van der Waals surface area contributed by atoms with E-state index in [1.165, 1.54) is 12.1 Å². The Hall–Kier alpha value is -1.62. The van der Waals surface area contributed by atoms with Crippen LogP contribution in [0.5, 0.6) is 5.75 Å². The van der Waals surface area contributed by atoms with E-state index in [9.17, 15) is 9.18 Å². The van der Waals surface area contributed by atoms with Gasteiger partial charge in [0.15, 0.2) is 0 Å². The Morgan fingerprint density at radius 1 is 1.24 bits per heavy atom. The number of hydrogen-bond acceptors (Lipinski definition) is 3. The fourth-order valence-corrected chi connectivity index (χ4v) is 1.72. The molecule has 0 atom stereocenters. The van der Waals surface area contributed by atoms with Crippen LogP contribution in [-0.2, 0) is 9.53 Å². The second-order valence-electron chi connectivity index (χ2n) is 5.14. The van der Waals surface area contributed by atoms with Gasteiger partial charge in [-0.05, 0) is 44.5 Å². The minimum atomic E-state index is -0.281. The molecule has 1 amide bonds. The third kappa shape index (κ3) is 7.66. The van der Waals surface area contributed by atoms with Gasteiger partial charge < -0.3 is 14.4 Å². The summed E-state index contributed by atoms with van der Waals surface area (Å²) in [5, 5.41) is 0. The quantitative estimate of drug-likeness (QED) is 0.658. The van der Waals surface area contributed by atoms with Gasteiger partial charge in [0, 0.05) is 13.6 Å². The van der Waals surface area contributed by atoms with E-state index in [1.807, 2.05) is 13.8 Å². The maximum atomic E-state index is 12.7. The Balaban J connectivity index is 2.13. The highest BCUT2D eigenvalue weighted by Crippen LogP contribution is 2.11. The zero-order valence-electron chi connectivity index (χ0n) is 13.0. The lowest BCUT2D eigenvalue weighted by Crippen LogP contribution is -2.29. The number of ether oxygens (including phenoxy) is 2. The van der Waals surface area contributed by atoms with Gasteiger partial charge in [-0.25, -0.2) is 4.39 Å². The smallest absolute Gasteiger partial charge is 0.224 e. The molecule has 0 saturated carbocycles. The zero-order valence-corrected chi connectivity index (χ0v) is 13.0. The Bertz CT molecular complexity index is 420. The molecule has 0 spiro atoms. The highest BCUT2D eigenvalue weighted by molar-refractivity contribution is 5.75. The van der Waals surface area contributed by atoms with Crippen molar-refractivity contribution in [3.05, 3.63) is 30.1 Å². The molecule has 21 heavy (non-hydrogen) atoms. The predicted molar refractivity (Wildman–Crippen MR) is 79.9 cm³/mol. The van der Waals surface area contributed by atoms with Crippen molar-refractivity contribution in [1.82, 2.24) is 4.90 Å². The number of nitrogens with zero attached hydrogens (tertiary/aromatic N) is 1. The molecule has 0 heterocycles. The Labute approximate surface area is 125 Å². The van der Waals surface area contributed by atoms with Crippen LogP contribution in [0.1, 0.15) is 26.7 Å². The molecular weight excluding hydrogens is 273 g/mol. The van der Waals surface area contributed by atoms with Crippen molar-refractivity contribution < 1.29 is 18.7 Å². The molecule has 1 aromatic rings. The first-order valence-electron chi connectivity index (χ1n) is 7.23. The number of halogens is 1. The third-order valence-corrected chi connectivity index (χ3v) is 2.91. The molecule has 0 aliphatic carbocycles. The van der Waals surface area contributed by atoms with Crippen molar-refractivity contribution >= 4 is 5.91 Å². The van der Waals surface area contributed by atoms with E-state index in [2.05, 4.69) is 0 Å². The molecule has 0 aliphatic rings. The standard InChI is InChI=1S/C16H24FNO3/c1-13(2)20-12-9-16(19)18(3)10-4-11-21-15-7-5-14(17)6-8-15/h5-8,13H,4,9-12H2,1-3H3. The minimum absolute atomic E-state index is 0.0671. The Kier molecular flexibility index (Phi) is 7.75. The van der Waals surface area contributed by atoms with E-state index >= 15 is 0 Å². The molecule has 0 aliphatic heterocycles. The molecule has 1 rings (SSSR count). The summed E-state index contributed by atoms with van der Waals surface area (Å²) in [7, 11) is 1.77. The second-order valence-corrected chi connectivity index (χ2v) is 5.14. The number of carbonyl (C=O) groups excluding carboxylic acids is 1. The largest absolute Gasteiger partial charge is 0.494 e. The van der Waals surface area contributed by atoms with Gasteiger partial charge in [-0.3, -0.25) is 4.79 Å². The van der Waals surface area contributed by atoms with Gasteiger partial charge in [-0.2, -0.15) is 0 Å². The van der Waals surface area contributed by atoms with E-state index in [4.69, 9.17) is 9.47 Å². The summed E-state index contributed by atoms with van der Waals surface area (Å²) in [6.07, 6.45) is 1.27. The molecule has 0 radical (unpaired) electrons. The Morgan fingerprint density at radius 2 is 1.90 bits per heavy atom. The van der Waals surface area contributed by atoms with Crippen LogP contribution >= 0.6 is 0 Å². The van der Waals surface area contributed by atoms with Crippen LogP contribution in [-0.4, -0.2) is 43.7 Å². The molecule has 0 unspecified atom stereocenters. The van der Waals surface area contributed by atoms with Gasteiger partial charge in [-0.1, -0.05) is 0 Å². The van der Waals surface area contributed by atoms with E-state index in [-0.39, 0.29) is 17.8 Å². The molecule has 0 bridgehead atoms. The number of rotatable bonds is 9. The maximum absolute atomic E-state index is 12.7. The van der Waals surface area contributed by atoms with E-state index in [0.717, 1.165) is 6.42 Å². The summed E-state index contributed by atoms with van der Waals surface area (Å²) >= 11 is 0. The molecular formula is C16H24FNO3. The van der Waals surface area contributed by atoms with Crippen LogP contribution in [0.25, 0.3) is 0 Å². The van der Waals surface area contributed by atoms with E-state index in [1.54, 1.807) is 24.1 Å². The molecule has 0 aromatic heterocycles. The summed E-state index contributed by atoms with van der Waals surface area (Å²) in [5.41, 5.74) is 0. The first-order chi connectivity index (χ1) is 9.99. The first-order valence-corrected chi connectivity index (χ1v) is 7.23. The molecule has 118 valence electrons. The van der Waals surface area contributed by atoms with Crippen molar-refractivity contribution in [2.75, 3.05) is 26.8 Å². The van der Waals surface area contributed by atoms with Crippen LogP contribution in [0.15, 0.2) is 24.3 Å². The number of benzene rings is 1. The molecule has 1 aromatic carbocycles. The fourth-order valence-electron chi connectivity index (χ4n) is 1.72. The lowest BCUT2D eigenvalue weighted by molar-refractivity contribution is -0.131. The number of amides is 1. The van der Waals surface area contributed by atoms with Crippen LogP contribution in [0.4, 0.5) is 4.39 Å². The second kappa shape index (κ2) is 9.34. The van der Waals surface area contributed by atoms with Gasteiger partial charge in [0.05, 0.1) is 25.7 Å². The molecule has 4 nitrogen and oxygen atoms in total. The molecule has 5 heteroatoms. The lowest BCUT2D eigenvalue weighted by atomic mass is 10.3. The van der Waals surface area contributed by atoms with Crippen LogP contribution in [0.3, 0.4) is 0 Å². The summed E-state index contributed by atoms with van der Waals surface area (Å²) < 4.78 is 23.5. The summed E-state index contributed by atoms with van der Waals surface area (Å²) in [4.78, 5) is 13.5. The zero-order chi connectivity index (χ0) is 15.7. The average Bonchev–Trinajstić information content (AvgIpc) is 2.44. The lowest BCUT2D eigenvalue weighted by Gasteiger charge is -2.17. The van der Waals surface area contributed by atoms with E-state index < -0.39 is 0 Å². The SMILES string of the molecule is CC(C)OCCC(=O)N(C)CCCOc1ccc(F)cc1. The van der Waals surface area contributed by atoms with Gasteiger partial charge in [-0.15, -0.1) is 0 Å². The normalized spacial score (nSPS) is 10.7. The van der Waals surface area contributed by atoms with Crippen LogP contribution in [0, 0.1) is 5.82 Å². The summed E-state index contributed by atoms with van der Waals surface area (Å²) in [6.45, 7) is 5.46. The third-order valence-electron chi connectivity index (χ3n) is 2.91. The number of carbonyl (C=O) groups is 1. The van der Waals surface area contributed by atoms with Gasteiger partial charge in [0.2, 0.25) is 5.91 Å². The summed E-state index contributed by atoms with van der Waals surface area (Å²) in [5.74, 6) is 0.421. The van der Waals surface area contributed by atoms with E-state index in [0.29, 0.717) is 31.9 Å². The summed E-state index contributed by atoms with van der Waals surface area (Å²) in [6, 6.07) is 5.90. The van der Waals surface area contributed by atoms with Crippen molar-refractivity contribution in [1.29, 1.82) is 0 Å². The average molecular weight is 297 g/mol. The molecule has 0 N–H and O–H groups in total. The highest BCUT2D eigenvalue weighted by atomic mass is 19.1. The van der Waals surface area contributed by atoms with Crippen molar-refractivity contribution in [3.63, 3.8) is 0 Å². The maximum Gasteiger partial charge on any atom is 0.224 e.